The largest absolute Gasteiger partial charge is 0.310 e. The van der Waals surface area contributed by atoms with Gasteiger partial charge in [-0.25, -0.2) is 4.85 Å². The van der Waals surface area contributed by atoms with Crippen molar-refractivity contribution in [2.24, 2.45) is 0 Å². The molecular formula is C112H81BN6. The van der Waals surface area contributed by atoms with Gasteiger partial charge in [0.15, 0.2) is 5.69 Å². The Morgan fingerprint density at radius 1 is 0.286 bits per heavy atom. The van der Waals surface area contributed by atoms with Crippen molar-refractivity contribution in [3.05, 3.63) is 410 Å². The average molecular weight is 1520 g/mol. The molecule has 0 atom stereocenters. The zero-order valence-electron chi connectivity index (χ0n) is 67.1. The van der Waals surface area contributed by atoms with Crippen LogP contribution in [0.5, 0.6) is 0 Å². The molecule has 0 fully saturated rings. The van der Waals surface area contributed by atoms with Crippen LogP contribution in [-0.4, -0.2) is 15.8 Å². The van der Waals surface area contributed by atoms with Gasteiger partial charge in [-0.15, -0.1) is 0 Å². The first-order valence-electron chi connectivity index (χ1n) is 41.1. The predicted molar refractivity (Wildman–Crippen MR) is 501 cm³/mol. The molecule has 0 amide bonds. The SMILES string of the molecule is [C-]#[N+]c1ccc(-c2cc(-c3ccccc3)c(N3c4cc(-n5c6ccccc6c6ccccc65)ccc4B4c5ccc(-n6c7ccccc7c7ccccc76)cc5N(c5c(-c6ccccc6)cc(-c6ccc(C#N)cc6)cc5-c5cc(C(C)(C)C)cc(C(C)(C)C)c5)c5cc(-c6ccccc6)cc3c54)c(-c3cccc(-c4ccccc4)c3)c2)cc1. The van der Waals surface area contributed by atoms with E-state index in [9.17, 15) is 5.26 Å². The Hall–Kier alpha value is -15.0. The number of hydrogen-bond acceptors (Lipinski definition) is 3. The summed E-state index contributed by atoms with van der Waals surface area (Å²) < 4.78 is 4.96. The fourth-order valence-electron chi connectivity index (χ4n) is 18.7. The van der Waals surface area contributed by atoms with E-state index in [2.05, 4.69) is 429 Å². The van der Waals surface area contributed by atoms with Crippen molar-refractivity contribution in [3.63, 3.8) is 0 Å². The summed E-state index contributed by atoms with van der Waals surface area (Å²) >= 11 is 0. The molecule has 19 aromatic rings. The van der Waals surface area contributed by atoms with Gasteiger partial charge < -0.3 is 18.9 Å². The monoisotopic (exact) mass is 1520 g/mol. The topological polar surface area (TPSA) is 44.5 Å². The number of fused-ring (bicyclic) bond motifs is 10. The number of benzene rings is 17. The molecule has 7 heteroatoms. The Labute approximate surface area is 695 Å². The van der Waals surface area contributed by atoms with E-state index in [1.165, 1.54) is 32.7 Å². The number of para-hydroxylation sites is 4. The molecule has 119 heavy (non-hydrogen) atoms. The van der Waals surface area contributed by atoms with Crippen LogP contribution in [0.3, 0.4) is 0 Å². The average Bonchev–Trinajstić information content (AvgIpc) is 0.741. The van der Waals surface area contributed by atoms with Gasteiger partial charge in [-0.05, 0) is 208 Å². The first-order chi connectivity index (χ1) is 58.2. The molecule has 4 heterocycles. The van der Waals surface area contributed by atoms with Gasteiger partial charge in [0.05, 0.1) is 51.6 Å². The lowest BCUT2D eigenvalue weighted by Gasteiger charge is -2.46. The fraction of sp³-hybridized carbons (Fsp3) is 0.0714. The van der Waals surface area contributed by atoms with Gasteiger partial charge in [-0.2, -0.15) is 5.26 Å². The number of rotatable bonds is 12. The van der Waals surface area contributed by atoms with Crippen LogP contribution in [-0.2, 0) is 10.8 Å². The van der Waals surface area contributed by atoms with E-state index < -0.39 is 0 Å². The highest BCUT2D eigenvalue weighted by atomic mass is 15.2. The second-order valence-corrected chi connectivity index (χ2v) is 33.8. The maximum atomic E-state index is 10.4. The van der Waals surface area contributed by atoms with Crippen molar-refractivity contribution in [3.8, 4) is 106 Å². The lowest BCUT2D eigenvalue weighted by Crippen LogP contribution is -2.61. The summed E-state index contributed by atoms with van der Waals surface area (Å²) in [6.07, 6.45) is 0. The predicted octanol–water partition coefficient (Wildman–Crippen LogP) is 28.3. The van der Waals surface area contributed by atoms with Crippen molar-refractivity contribution in [2.45, 2.75) is 52.4 Å². The highest BCUT2D eigenvalue weighted by Crippen LogP contribution is 2.57. The van der Waals surface area contributed by atoms with Crippen LogP contribution >= 0.6 is 0 Å². The quantitative estimate of drug-likeness (QED) is 0.0904. The first kappa shape index (κ1) is 71.7. The second kappa shape index (κ2) is 28.5. The van der Waals surface area contributed by atoms with E-state index in [0.29, 0.717) is 11.3 Å². The first-order valence-corrected chi connectivity index (χ1v) is 41.1. The molecule has 6 nitrogen and oxygen atoms in total. The van der Waals surface area contributed by atoms with Crippen molar-refractivity contribution in [2.75, 3.05) is 9.80 Å². The van der Waals surface area contributed by atoms with Crippen molar-refractivity contribution in [1.82, 2.24) is 9.13 Å². The fourth-order valence-corrected chi connectivity index (χ4v) is 18.7. The van der Waals surface area contributed by atoms with Gasteiger partial charge in [0, 0.05) is 77.9 Å². The highest BCUT2D eigenvalue weighted by Gasteiger charge is 2.46. The molecule has 0 unspecified atom stereocenters. The maximum absolute atomic E-state index is 10.4. The summed E-state index contributed by atoms with van der Waals surface area (Å²) in [5, 5.41) is 15.1. The summed E-state index contributed by atoms with van der Waals surface area (Å²) in [6.45, 7) is 21.8. The molecule has 562 valence electrons. The van der Waals surface area contributed by atoms with Crippen LogP contribution in [0.25, 0.3) is 149 Å². The van der Waals surface area contributed by atoms with Gasteiger partial charge in [-0.3, -0.25) is 0 Å². The number of hydrogen-bond donors (Lipinski definition) is 0. The Morgan fingerprint density at radius 3 is 1.04 bits per heavy atom. The highest BCUT2D eigenvalue weighted by molar-refractivity contribution is 7.00. The second-order valence-electron chi connectivity index (χ2n) is 33.8. The third-order valence-corrected chi connectivity index (χ3v) is 24.6. The summed E-state index contributed by atoms with van der Waals surface area (Å²) in [6, 6.07) is 144. The zero-order valence-corrected chi connectivity index (χ0v) is 67.1. The molecule has 0 N–H and O–H groups in total. The molecule has 0 bridgehead atoms. The van der Waals surface area contributed by atoms with Gasteiger partial charge in [0.25, 0.3) is 6.71 Å². The van der Waals surface area contributed by atoms with E-state index in [1.54, 1.807) is 0 Å². The number of aromatic nitrogens is 2. The summed E-state index contributed by atoms with van der Waals surface area (Å²) in [5.41, 5.74) is 36.2. The zero-order chi connectivity index (χ0) is 80.4. The number of nitrogens with zero attached hydrogens (tertiary/aromatic N) is 6. The summed E-state index contributed by atoms with van der Waals surface area (Å²) in [5.74, 6) is 0. The standard InChI is InChI=1S/C112H81BN6/c1-111(2,3)85-60-84(61-86(68-85)112(4,5)6)97-65-82(75-49-47-72(71-114)48-50-75)63-95(78-35-18-11-19-36-78)110(97)119-105-70-89(117-102-45-26-22-41-92(102)93-42-23-27-46-103(93)117)56-58-99(105)113-98-57-55-88(116-100-43-24-20-39-90(100)91-40-21-25-44-101(91)116)69-104(98)118(106-66-83(67-107(119)108(106)113)74-31-14-9-15-32-74)109-94(77-33-16-10-17-34-77)62-81(76-51-53-87(115-7)54-52-76)64-96(109)80-38-28-37-79(59-80)73-29-12-8-13-30-73/h8-70H,1-6H3. The van der Waals surface area contributed by atoms with Crippen LogP contribution in [0, 0.1) is 17.9 Å². The van der Waals surface area contributed by atoms with Crippen molar-refractivity contribution in [1.29, 1.82) is 5.26 Å². The third-order valence-electron chi connectivity index (χ3n) is 24.6. The molecule has 0 spiro atoms. The van der Waals surface area contributed by atoms with E-state index in [1.807, 2.05) is 24.3 Å². The van der Waals surface area contributed by atoms with Crippen molar-refractivity contribution < 1.29 is 0 Å². The minimum absolute atomic E-state index is 0.242. The molecule has 0 radical (unpaired) electrons. The van der Waals surface area contributed by atoms with Gasteiger partial charge in [0.2, 0.25) is 0 Å². The van der Waals surface area contributed by atoms with E-state index >= 15 is 0 Å². The molecule has 0 saturated heterocycles. The number of nitriles is 1. The van der Waals surface area contributed by atoms with Crippen molar-refractivity contribution >= 4 is 107 Å². The van der Waals surface area contributed by atoms with Gasteiger partial charge in [0.1, 0.15) is 0 Å². The van der Waals surface area contributed by atoms with Crippen LogP contribution in [0.1, 0.15) is 58.2 Å². The van der Waals surface area contributed by atoms with E-state index in [0.717, 1.165) is 173 Å². The van der Waals surface area contributed by atoms with Crippen LogP contribution in [0.2, 0.25) is 0 Å². The normalized spacial score (nSPS) is 12.4. The Kier molecular flexibility index (Phi) is 17.2. The number of anilines is 6. The summed E-state index contributed by atoms with van der Waals surface area (Å²) in [4.78, 5) is 9.27. The minimum Gasteiger partial charge on any atom is -0.310 e. The maximum Gasteiger partial charge on any atom is 0.252 e. The smallest absolute Gasteiger partial charge is 0.252 e. The molecule has 0 saturated carbocycles. The van der Waals surface area contributed by atoms with Crippen LogP contribution in [0.15, 0.2) is 382 Å². The summed E-state index contributed by atoms with van der Waals surface area (Å²) in [7, 11) is 0. The Bertz CT molecular complexity index is 7240. The molecule has 0 aliphatic carbocycles. The molecule has 17 aromatic carbocycles. The lowest BCUT2D eigenvalue weighted by molar-refractivity contribution is 0.569. The lowest BCUT2D eigenvalue weighted by atomic mass is 9.33. The van der Waals surface area contributed by atoms with Gasteiger partial charge in [-0.1, -0.05) is 321 Å². The van der Waals surface area contributed by atoms with Crippen LogP contribution < -0.4 is 26.2 Å². The molecule has 2 aliphatic rings. The molecule has 2 aromatic heterocycles. The third kappa shape index (κ3) is 12.2. The van der Waals surface area contributed by atoms with Gasteiger partial charge >= 0.3 is 0 Å². The molecular weight excluding hydrogens is 1440 g/mol. The van der Waals surface area contributed by atoms with E-state index in [-0.39, 0.29) is 17.5 Å². The molecule has 2 aliphatic heterocycles. The minimum atomic E-state index is -0.370. The molecule has 21 rings (SSSR count). The van der Waals surface area contributed by atoms with Crippen LogP contribution in [0.4, 0.5) is 39.8 Å². The van der Waals surface area contributed by atoms with E-state index in [4.69, 9.17) is 6.57 Å². The Balaban J connectivity index is 0.965. The Morgan fingerprint density at radius 2 is 0.630 bits per heavy atom.